The molecule has 0 saturated heterocycles. The largest absolute Gasteiger partial charge is 0.478 e. The first-order chi connectivity index (χ1) is 8.41. The number of hydrogen-bond donors (Lipinski definition) is 1. The van der Waals surface area contributed by atoms with Crippen molar-refractivity contribution in [3.63, 3.8) is 0 Å². The highest BCUT2D eigenvalue weighted by Crippen LogP contribution is 2.26. The molecule has 0 amide bonds. The van der Waals surface area contributed by atoms with Crippen molar-refractivity contribution in [2.75, 3.05) is 0 Å². The lowest BCUT2D eigenvalue weighted by Gasteiger charge is -2.08. The van der Waals surface area contributed by atoms with Gasteiger partial charge in [-0.05, 0) is 32.0 Å². The molecule has 0 unspecified atom stereocenters. The average Bonchev–Trinajstić information content (AvgIpc) is 2.56. The molecular formula is C12H10BrClN2O2. The van der Waals surface area contributed by atoms with E-state index in [0.717, 1.165) is 10.2 Å². The van der Waals surface area contributed by atoms with Gasteiger partial charge in [-0.15, -0.1) is 0 Å². The zero-order valence-corrected chi connectivity index (χ0v) is 12.1. The highest BCUT2D eigenvalue weighted by molar-refractivity contribution is 9.10. The van der Waals surface area contributed by atoms with E-state index >= 15 is 0 Å². The summed E-state index contributed by atoms with van der Waals surface area (Å²) in [6.45, 7) is 3.58. The first kappa shape index (κ1) is 13.1. The number of hydrogen-bond acceptors (Lipinski definition) is 2. The Bertz CT molecular complexity index is 637. The second kappa shape index (κ2) is 4.74. The Hall–Kier alpha value is -1.33. The molecule has 94 valence electrons. The van der Waals surface area contributed by atoms with Crippen molar-refractivity contribution >= 4 is 33.5 Å². The highest BCUT2D eigenvalue weighted by Gasteiger charge is 2.17. The van der Waals surface area contributed by atoms with Gasteiger partial charge in [0.25, 0.3) is 0 Å². The maximum atomic E-state index is 11.2. The van der Waals surface area contributed by atoms with E-state index in [9.17, 15) is 9.90 Å². The summed E-state index contributed by atoms with van der Waals surface area (Å²) in [5.74, 6) is -0.999. The number of aryl methyl sites for hydroxylation is 1. The molecule has 0 aliphatic rings. The zero-order valence-electron chi connectivity index (χ0n) is 9.74. The van der Waals surface area contributed by atoms with Crippen LogP contribution >= 0.6 is 27.5 Å². The normalized spacial score (nSPS) is 10.7. The van der Waals surface area contributed by atoms with Crippen molar-refractivity contribution in [2.24, 2.45) is 0 Å². The molecule has 0 radical (unpaired) electrons. The van der Waals surface area contributed by atoms with E-state index in [1.807, 2.05) is 0 Å². The van der Waals surface area contributed by atoms with E-state index in [2.05, 4.69) is 21.0 Å². The lowest BCUT2D eigenvalue weighted by Crippen LogP contribution is -2.08. The second-order valence-corrected chi connectivity index (χ2v) is 5.16. The van der Waals surface area contributed by atoms with Crippen LogP contribution < -0.4 is 0 Å². The van der Waals surface area contributed by atoms with E-state index in [1.54, 1.807) is 30.7 Å². The molecule has 1 N–H and O–H groups in total. The third-order valence-corrected chi connectivity index (χ3v) is 3.66. The smallest absolute Gasteiger partial charge is 0.337 e. The van der Waals surface area contributed by atoms with E-state index < -0.39 is 5.97 Å². The monoisotopic (exact) mass is 328 g/mol. The lowest BCUT2D eigenvalue weighted by molar-refractivity contribution is 0.0696. The molecule has 2 rings (SSSR count). The van der Waals surface area contributed by atoms with Crippen molar-refractivity contribution < 1.29 is 9.90 Å². The molecule has 1 aromatic carbocycles. The molecule has 4 nitrogen and oxygen atoms in total. The third kappa shape index (κ3) is 2.15. The summed E-state index contributed by atoms with van der Waals surface area (Å²) in [4.78, 5) is 11.2. The van der Waals surface area contributed by atoms with Gasteiger partial charge in [0.05, 0.1) is 27.7 Å². The summed E-state index contributed by atoms with van der Waals surface area (Å²) < 4.78 is 2.33. The molecule has 1 aromatic heterocycles. The summed E-state index contributed by atoms with van der Waals surface area (Å²) in [7, 11) is 0. The Kier molecular flexibility index (Phi) is 3.45. The van der Waals surface area contributed by atoms with Gasteiger partial charge in [-0.2, -0.15) is 5.10 Å². The summed E-state index contributed by atoms with van der Waals surface area (Å²) in [6.07, 6.45) is 0. The van der Waals surface area contributed by atoms with Gasteiger partial charge < -0.3 is 5.11 Å². The van der Waals surface area contributed by atoms with Crippen molar-refractivity contribution in [1.29, 1.82) is 0 Å². The molecule has 1 heterocycles. The van der Waals surface area contributed by atoms with Crippen LogP contribution in [0.1, 0.15) is 21.7 Å². The number of carboxylic acid groups (broad SMARTS) is 1. The fourth-order valence-corrected chi connectivity index (χ4v) is 2.19. The van der Waals surface area contributed by atoms with E-state index in [4.69, 9.17) is 11.6 Å². The van der Waals surface area contributed by atoms with E-state index in [-0.39, 0.29) is 5.56 Å². The molecule has 6 heteroatoms. The summed E-state index contributed by atoms with van der Waals surface area (Å²) in [5, 5.41) is 14.0. The van der Waals surface area contributed by atoms with Crippen LogP contribution in [0.15, 0.2) is 22.7 Å². The van der Waals surface area contributed by atoms with Crippen LogP contribution in [0.2, 0.25) is 5.02 Å². The summed E-state index contributed by atoms with van der Waals surface area (Å²) in [6, 6.07) is 4.92. The molecule has 0 aliphatic heterocycles. The van der Waals surface area contributed by atoms with Crippen LogP contribution in [-0.2, 0) is 0 Å². The van der Waals surface area contributed by atoms with Gasteiger partial charge >= 0.3 is 5.97 Å². The number of carbonyl (C=O) groups is 1. The topological polar surface area (TPSA) is 55.1 Å². The average molecular weight is 330 g/mol. The molecule has 0 atom stereocenters. The Labute approximate surface area is 117 Å². The van der Waals surface area contributed by atoms with Gasteiger partial charge in [-0.3, -0.25) is 0 Å². The minimum atomic E-state index is -0.999. The quantitative estimate of drug-likeness (QED) is 0.916. The maximum Gasteiger partial charge on any atom is 0.337 e. The predicted octanol–water partition coefficient (Wildman–Crippen LogP) is 3.60. The number of nitrogens with zero attached hydrogens (tertiary/aromatic N) is 2. The Morgan fingerprint density at radius 2 is 2.11 bits per heavy atom. The minimum Gasteiger partial charge on any atom is -0.478 e. The molecule has 0 saturated carbocycles. The molecule has 0 aliphatic carbocycles. The fraction of sp³-hybridized carbons (Fsp3) is 0.167. The first-order valence-corrected chi connectivity index (χ1v) is 6.34. The number of carboxylic acids is 1. The van der Waals surface area contributed by atoms with Gasteiger partial charge in [-0.1, -0.05) is 27.5 Å². The van der Waals surface area contributed by atoms with Crippen molar-refractivity contribution in [3.8, 4) is 5.69 Å². The van der Waals surface area contributed by atoms with Crippen LogP contribution in [0.3, 0.4) is 0 Å². The van der Waals surface area contributed by atoms with E-state index in [1.165, 1.54) is 6.07 Å². The van der Waals surface area contributed by atoms with Crippen molar-refractivity contribution in [3.05, 3.63) is 44.6 Å². The standard InChI is InChI=1S/C12H10BrClN2O2/c1-6-11(14)7(2)16(15-6)10-5-8(13)3-4-9(10)12(17)18/h3-5H,1-2H3,(H,17,18). The van der Waals surface area contributed by atoms with Gasteiger partial charge in [0.1, 0.15) is 0 Å². The molecular weight excluding hydrogens is 320 g/mol. The van der Waals surface area contributed by atoms with Crippen molar-refractivity contribution in [1.82, 2.24) is 9.78 Å². The zero-order chi connectivity index (χ0) is 13.4. The third-order valence-electron chi connectivity index (χ3n) is 2.62. The lowest BCUT2D eigenvalue weighted by atomic mass is 10.2. The van der Waals surface area contributed by atoms with E-state index in [0.29, 0.717) is 16.4 Å². The molecule has 0 spiro atoms. The molecule has 18 heavy (non-hydrogen) atoms. The number of rotatable bonds is 2. The number of halogens is 2. The van der Waals surface area contributed by atoms with Crippen LogP contribution in [0.25, 0.3) is 5.69 Å². The van der Waals surface area contributed by atoms with Crippen molar-refractivity contribution in [2.45, 2.75) is 13.8 Å². The SMILES string of the molecule is Cc1nn(-c2cc(Br)ccc2C(=O)O)c(C)c1Cl. The summed E-state index contributed by atoms with van der Waals surface area (Å²) in [5.41, 5.74) is 2.06. The molecule has 0 fully saturated rings. The molecule has 0 bridgehead atoms. The fourth-order valence-electron chi connectivity index (χ4n) is 1.72. The van der Waals surface area contributed by atoms with Gasteiger partial charge in [0.2, 0.25) is 0 Å². The number of aromatic carboxylic acids is 1. The predicted molar refractivity (Wildman–Crippen MR) is 72.7 cm³/mol. The Morgan fingerprint density at radius 3 is 2.61 bits per heavy atom. The minimum absolute atomic E-state index is 0.181. The Balaban J connectivity index is 2.73. The van der Waals surface area contributed by atoms with Crippen LogP contribution in [0.4, 0.5) is 0 Å². The second-order valence-electron chi connectivity index (χ2n) is 3.86. The van der Waals surface area contributed by atoms with Crippen LogP contribution in [-0.4, -0.2) is 20.9 Å². The first-order valence-electron chi connectivity index (χ1n) is 5.16. The summed E-state index contributed by atoms with van der Waals surface area (Å²) >= 11 is 9.40. The molecule has 2 aromatic rings. The Morgan fingerprint density at radius 1 is 1.44 bits per heavy atom. The van der Waals surface area contributed by atoms with Crippen LogP contribution in [0, 0.1) is 13.8 Å². The van der Waals surface area contributed by atoms with Gasteiger partial charge in [-0.25, -0.2) is 9.48 Å². The maximum absolute atomic E-state index is 11.2. The van der Waals surface area contributed by atoms with Crippen LogP contribution in [0.5, 0.6) is 0 Å². The van der Waals surface area contributed by atoms with Gasteiger partial charge in [0.15, 0.2) is 0 Å². The van der Waals surface area contributed by atoms with Gasteiger partial charge in [0, 0.05) is 4.47 Å². The highest BCUT2D eigenvalue weighted by atomic mass is 79.9. The number of aromatic nitrogens is 2. The number of benzene rings is 1.